The minimum atomic E-state index is -0.0200. The summed E-state index contributed by atoms with van der Waals surface area (Å²) < 4.78 is 0. The number of guanidine groups is 1. The average Bonchev–Trinajstić information content (AvgIpc) is 2.42. The van der Waals surface area contributed by atoms with E-state index in [9.17, 15) is 4.79 Å². The number of hydrogen-bond donors (Lipinski definition) is 3. The molecule has 1 aromatic carbocycles. The van der Waals surface area contributed by atoms with Crippen molar-refractivity contribution in [2.75, 3.05) is 19.6 Å². The van der Waals surface area contributed by atoms with E-state index >= 15 is 0 Å². The number of hydrogen-bond acceptors (Lipinski definition) is 2. The van der Waals surface area contributed by atoms with Crippen LogP contribution in [-0.2, 0) is 11.3 Å². The van der Waals surface area contributed by atoms with Crippen molar-refractivity contribution in [1.29, 1.82) is 0 Å². The number of benzene rings is 1. The number of nitrogens with one attached hydrogen (secondary N) is 3. The molecule has 0 spiro atoms. The van der Waals surface area contributed by atoms with E-state index in [1.54, 1.807) is 0 Å². The highest BCUT2D eigenvalue weighted by Gasteiger charge is 1.97. The van der Waals surface area contributed by atoms with Crippen molar-refractivity contribution in [3.05, 3.63) is 35.4 Å². The third-order valence-electron chi connectivity index (χ3n) is 2.68. The van der Waals surface area contributed by atoms with E-state index in [4.69, 9.17) is 0 Å². The van der Waals surface area contributed by atoms with Crippen molar-refractivity contribution in [3.63, 3.8) is 0 Å². The topological polar surface area (TPSA) is 65.5 Å². The van der Waals surface area contributed by atoms with Gasteiger partial charge < -0.3 is 16.0 Å². The smallest absolute Gasteiger partial charge is 0.216 e. The minimum absolute atomic E-state index is 0.0200. The number of rotatable bonds is 6. The predicted molar refractivity (Wildman–Crippen MR) is 82.7 cm³/mol. The second-order valence-corrected chi connectivity index (χ2v) is 4.59. The average molecular weight is 276 g/mol. The van der Waals surface area contributed by atoms with Gasteiger partial charge in [0.2, 0.25) is 5.91 Å². The fourth-order valence-corrected chi connectivity index (χ4v) is 1.63. The standard InChI is InChI=1S/C15H24N4O/c1-4-16-15(18-10-9-17-13(3)20)19-11-14-7-5-12(2)6-8-14/h5-8H,4,9-11H2,1-3H3,(H,17,20)(H2,16,18,19). The van der Waals surface area contributed by atoms with Gasteiger partial charge in [-0.3, -0.25) is 4.79 Å². The third kappa shape index (κ3) is 6.78. The van der Waals surface area contributed by atoms with Crippen LogP contribution in [0.2, 0.25) is 0 Å². The van der Waals surface area contributed by atoms with Crippen LogP contribution >= 0.6 is 0 Å². The highest BCUT2D eigenvalue weighted by atomic mass is 16.1. The fraction of sp³-hybridized carbons (Fsp3) is 0.467. The van der Waals surface area contributed by atoms with Crippen molar-refractivity contribution >= 4 is 11.9 Å². The monoisotopic (exact) mass is 276 g/mol. The lowest BCUT2D eigenvalue weighted by molar-refractivity contribution is -0.118. The van der Waals surface area contributed by atoms with Crippen LogP contribution < -0.4 is 16.0 Å². The molecule has 0 heterocycles. The number of carbonyl (C=O) groups is 1. The molecule has 1 amide bonds. The molecule has 0 saturated heterocycles. The Morgan fingerprint density at radius 3 is 2.35 bits per heavy atom. The molecule has 110 valence electrons. The lowest BCUT2D eigenvalue weighted by atomic mass is 10.1. The SMILES string of the molecule is CCNC(=NCc1ccc(C)cc1)NCCNC(C)=O. The summed E-state index contributed by atoms with van der Waals surface area (Å²) in [5.74, 6) is 0.742. The molecule has 5 heteroatoms. The molecule has 0 aliphatic rings. The van der Waals surface area contributed by atoms with Crippen LogP contribution in [0.25, 0.3) is 0 Å². The van der Waals surface area contributed by atoms with Crippen LogP contribution in [0, 0.1) is 6.92 Å². The Bertz CT molecular complexity index is 440. The van der Waals surface area contributed by atoms with E-state index in [1.165, 1.54) is 18.1 Å². The molecular weight excluding hydrogens is 252 g/mol. The Morgan fingerprint density at radius 2 is 1.75 bits per heavy atom. The summed E-state index contributed by atoms with van der Waals surface area (Å²) in [6, 6.07) is 8.34. The summed E-state index contributed by atoms with van der Waals surface area (Å²) in [7, 11) is 0. The normalized spacial score (nSPS) is 11.1. The summed E-state index contributed by atoms with van der Waals surface area (Å²) >= 11 is 0. The van der Waals surface area contributed by atoms with E-state index in [0.717, 1.165) is 12.5 Å². The molecule has 0 bridgehead atoms. The quantitative estimate of drug-likeness (QED) is 0.415. The Morgan fingerprint density at radius 1 is 1.10 bits per heavy atom. The first-order chi connectivity index (χ1) is 9.61. The summed E-state index contributed by atoms with van der Waals surface area (Å²) in [4.78, 5) is 15.3. The Kier molecular flexibility index (Phi) is 7.17. The Balaban J connectivity index is 2.45. The summed E-state index contributed by atoms with van der Waals surface area (Å²) in [6.07, 6.45) is 0. The van der Waals surface area contributed by atoms with E-state index < -0.39 is 0 Å². The molecule has 5 nitrogen and oxygen atoms in total. The number of aryl methyl sites for hydroxylation is 1. The second-order valence-electron chi connectivity index (χ2n) is 4.59. The van der Waals surface area contributed by atoms with Crippen LogP contribution in [0.15, 0.2) is 29.3 Å². The lowest BCUT2D eigenvalue weighted by Gasteiger charge is -2.11. The zero-order valence-electron chi connectivity index (χ0n) is 12.5. The third-order valence-corrected chi connectivity index (χ3v) is 2.68. The molecule has 0 aliphatic heterocycles. The van der Waals surface area contributed by atoms with Crippen LogP contribution in [-0.4, -0.2) is 31.5 Å². The van der Waals surface area contributed by atoms with Gasteiger partial charge in [0.05, 0.1) is 6.54 Å². The molecule has 0 aliphatic carbocycles. The summed E-state index contributed by atoms with van der Waals surface area (Å²) in [5, 5.41) is 9.10. The zero-order valence-corrected chi connectivity index (χ0v) is 12.5. The number of carbonyl (C=O) groups excluding carboxylic acids is 1. The van der Waals surface area contributed by atoms with Crippen molar-refractivity contribution in [1.82, 2.24) is 16.0 Å². The molecule has 20 heavy (non-hydrogen) atoms. The second kappa shape index (κ2) is 8.96. The Labute approximate surface area is 120 Å². The maximum absolute atomic E-state index is 10.8. The van der Waals surface area contributed by atoms with Gasteiger partial charge in [0.1, 0.15) is 0 Å². The van der Waals surface area contributed by atoms with E-state index in [0.29, 0.717) is 19.6 Å². The van der Waals surface area contributed by atoms with Gasteiger partial charge >= 0.3 is 0 Å². The van der Waals surface area contributed by atoms with Crippen molar-refractivity contribution in [2.45, 2.75) is 27.3 Å². The van der Waals surface area contributed by atoms with Crippen molar-refractivity contribution in [2.24, 2.45) is 4.99 Å². The fourth-order valence-electron chi connectivity index (χ4n) is 1.63. The number of aliphatic imine (C=N–C) groups is 1. The highest BCUT2D eigenvalue weighted by Crippen LogP contribution is 2.04. The van der Waals surface area contributed by atoms with Crippen LogP contribution in [0.1, 0.15) is 25.0 Å². The number of amides is 1. The molecule has 0 saturated carbocycles. The molecule has 1 rings (SSSR count). The first kappa shape index (κ1) is 16.0. The highest BCUT2D eigenvalue weighted by molar-refractivity contribution is 5.79. The molecule has 0 fully saturated rings. The lowest BCUT2D eigenvalue weighted by Crippen LogP contribution is -2.41. The van der Waals surface area contributed by atoms with Gasteiger partial charge in [-0.05, 0) is 19.4 Å². The van der Waals surface area contributed by atoms with Gasteiger partial charge in [-0.25, -0.2) is 4.99 Å². The van der Waals surface area contributed by atoms with Crippen LogP contribution in [0.5, 0.6) is 0 Å². The molecule has 1 aromatic rings. The van der Waals surface area contributed by atoms with E-state index in [1.807, 2.05) is 6.92 Å². The first-order valence-electron chi connectivity index (χ1n) is 6.94. The molecule has 0 atom stereocenters. The van der Waals surface area contributed by atoms with E-state index in [2.05, 4.69) is 52.1 Å². The molecule has 0 unspecified atom stereocenters. The molecule has 0 radical (unpaired) electrons. The van der Waals surface area contributed by atoms with Gasteiger partial charge in [0, 0.05) is 26.6 Å². The van der Waals surface area contributed by atoms with Crippen LogP contribution in [0.4, 0.5) is 0 Å². The number of nitrogens with zero attached hydrogens (tertiary/aromatic N) is 1. The van der Waals surface area contributed by atoms with Gasteiger partial charge in [-0.1, -0.05) is 29.8 Å². The Hall–Kier alpha value is -2.04. The van der Waals surface area contributed by atoms with Gasteiger partial charge in [0.15, 0.2) is 5.96 Å². The van der Waals surface area contributed by atoms with Gasteiger partial charge in [0.25, 0.3) is 0 Å². The maximum atomic E-state index is 10.8. The molecular formula is C15H24N4O. The van der Waals surface area contributed by atoms with Crippen LogP contribution in [0.3, 0.4) is 0 Å². The molecule has 3 N–H and O–H groups in total. The summed E-state index contributed by atoms with van der Waals surface area (Å²) in [6.45, 7) is 8.29. The first-order valence-corrected chi connectivity index (χ1v) is 6.94. The van der Waals surface area contributed by atoms with E-state index in [-0.39, 0.29) is 5.91 Å². The summed E-state index contributed by atoms with van der Waals surface area (Å²) in [5.41, 5.74) is 2.42. The van der Waals surface area contributed by atoms with Crippen molar-refractivity contribution < 1.29 is 4.79 Å². The van der Waals surface area contributed by atoms with Crippen molar-refractivity contribution in [3.8, 4) is 0 Å². The molecule has 0 aromatic heterocycles. The maximum Gasteiger partial charge on any atom is 0.216 e. The predicted octanol–water partition coefficient (Wildman–Crippen LogP) is 1.19. The van der Waals surface area contributed by atoms with Gasteiger partial charge in [-0.2, -0.15) is 0 Å². The largest absolute Gasteiger partial charge is 0.357 e. The zero-order chi connectivity index (χ0) is 14.8. The minimum Gasteiger partial charge on any atom is -0.357 e. The van der Waals surface area contributed by atoms with Gasteiger partial charge in [-0.15, -0.1) is 0 Å².